The maximum absolute atomic E-state index is 13.7. The lowest BCUT2D eigenvalue weighted by molar-refractivity contribution is -0.121. The van der Waals surface area contributed by atoms with Crippen molar-refractivity contribution in [2.75, 3.05) is 19.8 Å². The summed E-state index contributed by atoms with van der Waals surface area (Å²) in [7, 11) is 0. The molecule has 0 aliphatic carbocycles. The number of carbonyl (C=O) groups excluding carboxylic acids is 1. The summed E-state index contributed by atoms with van der Waals surface area (Å²) in [5.74, 6) is -0.301. The zero-order valence-corrected chi connectivity index (χ0v) is 14.5. The number of ether oxygens (including phenoxy) is 1. The Labute approximate surface area is 145 Å². The Bertz CT molecular complexity index is 711. The summed E-state index contributed by atoms with van der Waals surface area (Å²) in [6.45, 7) is 3.66. The van der Waals surface area contributed by atoms with Crippen LogP contribution in [0.4, 0.5) is 4.39 Å². The zero-order chi connectivity index (χ0) is 17.0. The third kappa shape index (κ3) is 3.99. The normalized spacial score (nSPS) is 16.8. The second-order valence-electron chi connectivity index (χ2n) is 6.21. The Balaban J connectivity index is 1.69. The monoisotopic (exact) mass is 348 g/mol. The van der Waals surface area contributed by atoms with E-state index < -0.39 is 0 Å². The van der Waals surface area contributed by atoms with Gasteiger partial charge in [-0.1, -0.05) is 12.1 Å². The highest BCUT2D eigenvalue weighted by atomic mass is 32.1. The molecule has 3 rings (SSSR count). The Hall–Kier alpha value is -1.79. The first-order valence-electron chi connectivity index (χ1n) is 8.09. The van der Waals surface area contributed by atoms with Crippen LogP contribution in [0.1, 0.15) is 29.1 Å². The van der Waals surface area contributed by atoms with Gasteiger partial charge in [-0.05, 0) is 37.5 Å². The minimum absolute atomic E-state index is 0.0532. The molecule has 0 saturated carbocycles. The largest absolute Gasteiger partial charge is 0.381 e. The van der Waals surface area contributed by atoms with E-state index in [9.17, 15) is 9.18 Å². The van der Waals surface area contributed by atoms with E-state index in [1.807, 2.05) is 18.4 Å². The minimum Gasteiger partial charge on any atom is -0.381 e. The van der Waals surface area contributed by atoms with Crippen molar-refractivity contribution >= 4 is 17.2 Å². The molecule has 0 atom stereocenters. The Morgan fingerprint density at radius 1 is 1.42 bits per heavy atom. The predicted octanol–water partition coefficient (Wildman–Crippen LogP) is 3.00. The van der Waals surface area contributed by atoms with Gasteiger partial charge in [0.1, 0.15) is 5.82 Å². The number of carbonyl (C=O) groups is 1. The summed E-state index contributed by atoms with van der Waals surface area (Å²) in [4.78, 5) is 16.6. The second-order valence-corrected chi connectivity index (χ2v) is 7.28. The molecule has 0 spiro atoms. The first-order chi connectivity index (χ1) is 11.6. The van der Waals surface area contributed by atoms with Gasteiger partial charge in [-0.3, -0.25) is 4.79 Å². The number of nitrogens with one attached hydrogen (secondary N) is 1. The lowest BCUT2D eigenvalue weighted by Crippen LogP contribution is -2.45. The molecule has 6 heteroatoms. The van der Waals surface area contributed by atoms with Crippen molar-refractivity contribution in [2.24, 2.45) is 0 Å². The van der Waals surface area contributed by atoms with Gasteiger partial charge in [0, 0.05) is 30.6 Å². The molecule has 1 fully saturated rings. The van der Waals surface area contributed by atoms with Gasteiger partial charge in [-0.2, -0.15) is 0 Å². The van der Waals surface area contributed by atoms with Crippen molar-refractivity contribution in [3.63, 3.8) is 0 Å². The number of amides is 1. The molecule has 1 aliphatic rings. The van der Waals surface area contributed by atoms with E-state index in [-0.39, 0.29) is 23.6 Å². The number of hydrogen-bond acceptors (Lipinski definition) is 4. The second kappa shape index (κ2) is 7.40. The number of aromatic nitrogens is 1. The van der Waals surface area contributed by atoms with Gasteiger partial charge in [0.15, 0.2) is 0 Å². The van der Waals surface area contributed by atoms with E-state index in [4.69, 9.17) is 4.74 Å². The van der Waals surface area contributed by atoms with Crippen molar-refractivity contribution in [2.45, 2.75) is 31.6 Å². The molecule has 1 amide bonds. The first-order valence-corrected chi connectivity index (χ1v) is 8.97. The molecule has 1 saturated heterocycles. The molecular formula is C18H21FN2O2S. The van der Waals surface area contributed by atoms with Gasteiger partial charge in [-0.15, -0.1) is 11.3 Å². The molecule has 2 aromatic rings. The van der Waals surface area contributed by atoms with Crippen LogP contribution in [0.2, 0.25) is 0 Å². The zero-order valence-electron chi connectivity index (χ0n) is 13.7. The fourth-order valence-corrected chi connectivity index (χ4v) is 3.74. The van der Waals surface area contributed by atoms with Crippen LogP contribution >= 0.6 is 11.3 Å². The molecular weight excluding hydrogens is 327 g/mol. The van der Waals surface area contributed by atoms with E-state index >= 15 is 0 Å². The number of rotatable bonds is 5. The van der Waals surface area contributed by atoms with Crippen LogP contribution in [0.25, 0.3) is 0 Å². The third-order valence-electron chi connectivity index (χ3n) is 4.52. The molecule has 1 N–H and O–H groups in total. The standard InChI is InChI=1S/C18H21FN2O2S/c1-13-21-16(11-24-13)10-17(22)20-12-18(5-7-23-8-6-18)14-3-2-4-15(19)9-14/h2-4,9,11H,5-8,10,12H2,1H3,(H,20,22). The number of benzene rings is 1. The lowest BCUT2D eigenvalue weighted by Gasteiger charge is -2.38. The van der Waals surface area contributed by atoms with E-state index in [1.165, 1.54) is 6.07 Å². The summed E-state index contributed by atoms with van der Waals surface area (Å²) in [5, 5.41) is 5.88. The molecule has 128 valence electrons. The van der Waals surface area contributed by atoms with Crippen LogP contribution in [0.15, 0.2) is 29.6 Å². The van der Waals surface area contributed by atoms with Crippen LogP contribution in [-0.2, 0) is 21.4 Å². The third-order valence-corrected chi connectivity index (χ3v) is 5.34. The van der Waals surface area contributed by atoms with E-state index in [0.717, 1.165) is 29.1 Å². The van der Waals surface area contributed by atoms with Gasteiger partial charge < -0.3 is 10.1 Å². The Morgan fingerprint density at radius 2 is 2.21 bits per heavy atom. The van der Waals surface area contributed by atoms with Crippen LogP contribution in [0, 0.1) is 12.7 Å². The highest BCUT2D eigenvalue weighted by molar-refractivity contribution is 7.09. The van der Waals surface area contributed by atoms with Gasteiger partial charge in [0.05, 0.1) is 17.1 Å². The summed E-state index contributed by atoms with van der Waals surface area (Å²) >= 11 is 1.54. The summed E-state index contributed by atoms with van der Waals surface area (Å²) < 4.78 is 19.1. The minimum atomic E-state index is -0.270. The molecule has 1 aromatic carbocycles. The average molecular weight is 348 g/mol. The van der Waals surface area contributed by atoms with Gasteiger partial charge in [-0.25, -0.2) is 9.37 Å². The molecule has 0 bridgehead atoms. The predicted molar refractivity (Wildman–Crippen MR) is 91.7 cm³/mol. The number of thiazole rings is 1. The van der Waals surface area contributed by atoms with Crippen molar-refractivity contribution in [3.8, 4) is 0 Å². The number of aryl methyl sites for hydroxylation is 1. The lowest BCUT2D eigenvalue weighted by atomic mass is 9.74. The van der Waals surface area contributed by atoms with Gasteiger partial charge in [0.25, 0.3) is 0 Å². The van der Waals surface area contributed by atoms with Gasteiger partial charge >= 0.3 is 0 Å². The summed E-state index contributed by atoms with van der Waals surface area (Å²) in [6.07, 6.45) is 1.82. The highest BCUT2D eigenvalue weighted by Gasteiger charge is 2.35. The van der Waals surface area contributed by atoms with Crippen molar-refractivity contribution in [3.05, 3.63) is 51.7 Å². The Morgan fingerprint density at radius 3 is 2.88 bits per heavy atom. The quantitative estimate of drug-likeness (QED) is 0.904. The first kappa shape index (κ1) is 17.0. The smallest absolute Gasteiger partial charge is 0.226 e. The van der Waals surface area contributed by atoms with Crippen molar-refractivity contribution in [1.29, 1.82) is 0 Å². The molecule has 0 unspecified atom stereocenters. The van der Waals surface area contributed by atoms with E-state index in [2.05, 4.69) is 10.3 Å². The maximum Gasteiger partial charge on any atom is 0.226 e. The topological polar surface area (TPSA) is 51.2 Å². The van der Waals surface area contributed by atoms with Gasteiger partial charge in [0.2, 0.25) is 5.91 Å². The van der Waals surface area contributed by atoms with Crippen LogP contribution in [-0.4, -0.2) is 30.6 Å². The summed E-state index contributed by atoms with van der Waals surface area (Å²) in [6, 6.07) is 6.67. The van der Waals surface area contributed by atoms with Crippen molar-refractivity contribution < 1.29 is 13.9 Å². The fourth-order valence-electron chi connectivity index (χ4n) is 3.13. The van der Waals surface area contributed by atoms with E-state index in [0.29, 0.717) is 19.8 Å². The van der Waals surface area contributed by atoms with Crippen LogP contribution in [0.3, 0.4) is 0 Å². The molecule has 24 heavy (non-hydrogen) atoms. The molecule has 2 heterocycles. The molecule has 0 radical (unpaired) electrons. The summed E-state index contributed by atoms with van der Waals surface area (Å²) in [5.41, 5.74) is 1.45. The number of nitrogens with zero attached hydrogens (tertiary/aromatic N) is 1. The average Bonchev–Trinajstić information content (AvgIpc) is 2.99. The van der Waals surface area contributed by atoms with Crippen LogP contribution < -0.4 is 5.32 Å². The fraction of sp³-hybridized carbons (Fsp3) is 0.444. The molecule has 1 aromatic heterocycles. The molecule has 4 nitrogen and oxygen atoms in total. The number of hydrogen-bond donors (Lipinski definition) is 1. The SMILES string of the molecule is Cc1nc(CC(=O)NCC2(c3cccc(F)c3)CCOCC2)cs1. The van der Waals surface area contributed by atoms with Crippen LogP contribution in [0.5, 0.6) is 0 Å². The van der Waals surface area contributed by atoms with Crippen molar-refractivity contribution in [1.82, 2.24) is 10.3 Å². The number of halogens is 1. The highest BCUT2D eigenvalue weighted by Crippen LogP contribution is 2.34. The maximum atomic E-state index is 13.7. The molecule has 1 aliphatic heterocycles. The van der Waals surface area contributed by atoms with E-state index in [1.54, 1.807) is 23.5 Å². The Kier molecular flexibility index (Phi) is 5.26.